The number of amides is 2. The van der Waals surface area contributed by atoms with Crippen molar-refractivity contribution >= 4 is 40.8 Å². The first-order valence-corrected chi connectivity index (χ1v) is 9.56. The number of hydrogen-bond donors (Lipinski definition) is 3. The summed E-state index contributed by atoms with van der Waals surface area (Å²) in [6.07, 6.45) is 2.26. The van der Waals surface area contributed by atoms with E-state index in [1.54, 1.807) is 42.7 Å². The van der Waals surface area contributed by atoms with E-state index in [0.29, 0.717) is 30.2 Å². The van der Waals surface area contributed by atoms with E-state index in [1.807, 2.05) is 6.92 Å². The van der Waals surface area contributed by atoms with Crippen LogP contribution >= 0.6 is 12.2 Å². The summed E-state index contributed by atoms with van der Waals surface area (Å²) >= 11 is 5.08. The molecule has 0 aliphatic carbocycles. The SMILES string of the molecule is CCCOC(=O)CCC(=O)NC(=S)Nc1ccc(C(=O)NCc2ccco2)cc1. The first kappa shape index (κ1) is 22.1. The number of thiocarbonyl (C=S) groups is 1. The largest absolute Gasteiger partial charge is 0.467 e. The van der Waals surface area contributed by atoms with Crippen molar-refractivity contribution in [3.63, 3.8) is 0 Å². The second-order valence-electron chi connectivity index (χ2n) is 6.06. The van der Waals surface area contributed by atoms with Gasteiger partial charge in [0.2, 0.25) is 5.91 Å². The van der Waals surface area contributed by atoms with Crippen molar-refractivity contribution in [1.82, 2.24) is 10.6 Å². The highest BCUT2D eigenvalue weighted by Gasteiger charge is 2.10. The summed E-state index contributed by atoms with van der Waals surface area (Å²) in [7, 11) is 0. The van der Waals surface area contributed by atoms with Crippen LogP contribution in [0.4, 0.5) is 5.69 Å². The fourth-order valence-electron chi connectivity index (χ4n) is 2.24. The minimum absolute atomic E-state index is 0.00371. The molecule has 0 fully saturated rings. The second-order valence-corrected chi connectivity index (χ2v) is 6.47. The molecule has 0 saturated carbocycles. The van der Waals surface area contributed by atoms with Gasteiger partial charge in [-0.3, -0.25) is 14.4 Å². The Morgan fingerprint density at radius 1 is 1.10 bits per heavy atom. The zero-order valence-corrected chi connectivity index (χ0v) is 16.8. The minimum Gasteiger partial charge on any atom is -0.467 e. The molecule has 0 unspecified atom stereocenters. The van der Waals surface area contributed by atoms with Gasteiger partial charge in [0.15, 0.2) is 5.11 Å². The first-order chi connectivity index (χ1) is 14.0. The smallest absolute Gasteiger partial charge is 0.306 e. The number of carbonyl (C=O) groups is 3. The molecule has 2 aromatic rings. The molecule has 2 amide bonds. The number of furan rings is 1. The van der Waals surface area contributed by atoms with Crippen LogP contribution in [0.1, 0.15) is 42.3 Å². The average Bonchev–Trinajstić information content (AvgIpc) is 3.23. The van der Waals surface area contributed by atoms with E-state index >= 15 is 0 Å². The van der Waals surface area contributed by atoms with Gasteiger partial charge in [0, 0.05) is 17.7 Å². The Morgan fingerprint density at radius 2 is 1.86 bits per heavy atom. The van der Waals surface area contributed by atoms with Crippen LogP contribution < -0.4 is 16.0 Å². The van der Waals surface area contributed by atoms with Gasteiger partial charge in [-0.2, -0.15) is 0 Å². The van der Waals surface area contributed by atoms with Gasteiger partial charge in [-0.1, -0.05) is 6.92 Å². The number of benzene rings is 1. The quantitative estimate of drug-likeness (QED) is 0.425. The van der Waals surface area contributed by atoms with Gasteiger partial charge in [-0.15, -0.1) is 0 Å². The average molecular weight is 417 g/mol. The number of rotatable bonds is 9. The molecule has 0 spiro atoms. The van der Waals surface area contributed by atoms with Crippen molar-refractivity contribution in [1.29, 1.82) is 0 Å². The molecule has 0 bridgehead atoms. The molecule has 1 heterocycles. The third-order valence-corrected chi connectivity index (χ3v) is 3.89. The highest BCUT2D eigenvalue weighted by atomic mass is 32.1. The Morgan fingerprint density at radius 3 is 2.52 bits per heavy atom. The Kier molecular flexibility index (Phi) is 8.84. The monoisotopic (exact) mass is 417 g/mol. The minimum atomic E-state index is -0.415. The van der Waals surface area contributed by atoms with Crippen molar-refractivity contribution in [2.24, 2.45) is 0 Å². The van der Waals surface area contributed by atoms with Crippen molar-refractivity contribution in [3.05, 3.63) is 54.0 Å². The summed E-state index contributed by atoms with van der Waals surface area (Å²) in [6.45, 7) is 2.54. The maximum Gasteiger partial charge on any atom is 0.306 e. The third kappa shape index (κ3) is 8.14. The van der Waals surface area contributed by atoms with Crippen LogP contribution in [0.15, 0.2) is 47.1 Å². The zero-order chi connectivity index (χ0) is 21.1. The molecule has 29 heavy (non-hydrogen) atoms. The molecule has 1 aromatic heterocycles. The number of hydrogen-bond acceptors (Lipinski definition) is 6. The molecule has 1 aromatic carbocycles. The molecule has 0 aliphatic rings. The number of esters is 1. The van der Waals surface area contributed by atoms with Gasteiger partial charge in [0.25, 0.3) is 5.91 Å². The predicted molar refractivity (Wildman–Crippen MR) is 111 cm³/mol. The molecule has 0 radical (unpaired) electrons. The molecule has 154 valence electrons. The second kappa shape index (κ2) is 11.6. The van der Waals surface area contributed by atoms with Gasteiger partial charge in [-0.05, 0) is 55.0 Å². The van der Waals surface area contributed by atoms with E-state index in [1.165, 1.54) is 0 Å². The van der Waals surface area contributed by atoms with Crippen molar-refractivity contribution in [3.8, 4) is 0 Å². The van der Waals surface area contributed by atoms with Crippen molar-refractivity contribution in [2.45, 2.75) is 32.7 Å². The normalized spacial score (nSPS) is 10.1. The standard InChI is InChI=1S/C20H23N3O5S/c1-2-11-28-18(25)10-9-17(24)23-20(29)22-15-7-5-14(6-8-15)19(26)21-13-16-4-3-12-27-16/h3-8,12H,2,9-11,13H2,1H3,(H,21,26)(H2,22,23,24,29). The van der Waals surface area contributed by atoms with Gasteiger partial charge in [0.05, 0.1) is 25.8 Å². The summed E-state index contributed by atoms with van der Waals surface area (Å²) in [5.41, 5.74) is 1.09. The molecule has 9 heteroatoms. The van der Waals surface area contributed by atoms with Gasteiger partial charge < -0.3 is 25.1 Å². The van der Waals surface area contributed by atoms with Crippen LogP contribution in [0.2, 0.25) is 0 Å². The summed E-state index contributed by atoms with van der Waals surface area (Å²) in [5, 5.41) is 8.20. The molecule has 8 nitrogen and oxygen atoms in total. The Hall–Kier alpha value is -3.20. The summed E-state index contributed by atoms with van der Waals surface area (Å²) in [6, 6.07) is 10.1. The van der Waals surface area contributed by atoms with Crippen LogP contribution in [0, 0.1) is 0 Å². The Balaban J connectivity index is 1.73. The predicted octanol–water partition coefficient (Wildman–Crippen LogP) is 2.76. The molecule has 0 aliphatic heterocycles. The van der Waals surface area contributed by atoms with Crippen molar-refractivity contribution < 1.29 is 23.5 Å². The topological polar surface area (TPSA) is 110 Å². The lowest BCUT2D eigenvalue weighted by atomic mass is 10.2. The van der Waals surface area contributed by atoms with E-state index in [0.717, 1.165) is 6.42 Å². The van der Waals surface area contributed by atoms with Gasteiger partial charge >= 0.3 is 5.97 Å². The third-order valence-electron chi connectivity index (χ3n) is 3.68. The van der Waals surface area contributed by atoms with E-state index in [4.69, 9.17) is 21.4 Å². The lowest BCUT2D eigenvalue weighted by molar-refractivity contribution is -0.144. The van der Waals surface area contributed by atoms with Crippen LogP contribution in [0.25, 0.3) is 0 Å². The number of ether oxygens (including phenoxy) is 1. The number of anilines is 1. The van der Waals surface area contributed by atoms with Gasteiger partial charge in [0.1, 0.15) is 5.76 Å². The molecule has 2 rings (SSSR count). The Labute approximate surface area is 174 Å². The highest BCUT2D eigenvalue weighted by Crippen LogP contribution is 2.10. The fourth-order valence-corrected chi connectivity index (χ4v) is 2.47. The molecule has 0 saturated heterocycles. The summed E-state index contributed by atoms with van der Waals surface area (Å²) in [5.74, 6) is -0.373. The maximum absolute atomic E-state index is 12.1. The van der Waals surface area contributed by atoms with E-state index in [9.17, 15) is 14.4 Å². The molecule has 3 N–H and O–H groups in total. The van der Waals surface area contributed by atoms with Crippen LogP contribution in [-0.4, -0.2) is 29.5 Å². The molecular formula is C20H23N3O5S. The van der Waals surface area contributed by atoms with Crippen molar-refractivity contribution in [2.75, 3.05) is 11.9 Å². The Bertz CT molecular complexity index is 834. The maximum atomic E-state index is 12.1. The lowest BCUT2D eigenvalue weighted by Crippen LogP contribution is -2.34. The number of nitrogens with one attached hydrogen (secondary N) is 3. The van der Waals surface area contributed by atoms with Crippen LogP contribution in [0.5, 0.6) is 0 Å². The van der Waals surface area contributed by atoms with E-state index in [-0.39, 0.29) is 29.8 Å². The summed E-state index contributed by atoms with van der Waals surface area (Å²) in [4.78, 5) is 35.3. The molecule has 0 atom stereocenters. The van der Waals surface area contributed by atoms with Gasteiger partial charge in [-0.25, -0.2) is 0 Å². The van der Waals surface area contributed by atoms with Crippen LogP contribution in [0.3, 0.4) is 0 Å². The first-order valence-electron chi connectivity index (χ1n) is 9.15. The summed E-state index contributed by atoms with van der Waals surface area (Å²) < 4.78 is 10.1. The fraction of sp³-hybridized carbons (Fsp3) is 0.300. The zero-order valence-electron chi connectivity index (χ0n) is 16.0. The number of carbonyl (C=O) groups excluding carboxylic acids is 3. The lowest BCUT2D eigenvalue weighted by Gasteiger charge is -2.10. The highest BCUT2D eigenvalue weighted by molar-refractivity contribution is 7.80. The van der Waals surface area contributed by atoms with E-state index in [2.05, 4.69) is 16.0 Å². The van der Waals surface area contributed by atoms with Crippen LogP contribution in [-0.2, 0) is 20.9 Å². The van der Waals surface area contributed by atoms with E-state index < -0.39 is 5.97 Å². The molecular weight excluding hydrogens is 394 g/mol.